The number of nitrogens with zero attached hydrogens (tertiary/aromatic N) is 1. The number of halogens is 1. The molecule has 0 spiro atoms. The Kier molecular flexibility index (Phi) is 4.93. The molecule has 0 fully saturated rings. The van der Waals surface area contributed by atoms with Gasteiger partial charge < -0.3 is 9.84 Å². The number of rotatable bonds is 5. The molecule has 0 saturated heterocycles. The van der Waals surface area contributed by atoms with E-state index in [1.165, 1.54) is 12.1 Å². The molecule has 0 aliphatic heterocycles. The van der Waals surface area contributed by atoms with E-state index in [1.54, 1.807) is 18.2 Å². The number of hydrogen-bond donors (Lipinski definition) is 1. The zero-order chi connectivity index (χ0) is 17.8. The molecule has 128 valence electrons. The minimum absolute atomic E-state index is 0.0630. The molecule has 2 aromatic carbocycles. The minimum atomic E-state index is -0.295. The Morgan fingerprint density at radius 2 is 1.84 bits per heavy atom. The maximum atomic E-state index is 13.0. The maximum Gasteiger partial charge on any atom is 0.273 e. The van der Waals surface area contributed by atoms with Crippen molar-refractivity contribution in [1.29, 1.82) is 0 Å². The van der Waals surface area contributed by atoms with Crippen molar-refractivity contribution in [2.24, 2.45) is 0 Å². The van der Waals surface area contributed by atoms with E-state index in [-0.39, 0.29) is 23.3 Å². The summed E-state index contributed by atoms with van der Waals surface area (Å²) in [6.45, 7) is 4.40. The van der Waals surface area contributed by atoms with E-state index in [1.807, 2.05) is 38.1 Å². The highest BCUT2D eigenvalue weighted by atomic mass is 19.1. The Labute approximate surface area is 145 Å². The lowest BCUT2D eigenvalue weighted by atomic mass is 10.0. The van der Waals surface area contributed by atoms with Gasteiger partial charge >= 0.3 is 0 Å². The molecule has 1 aromatic heterocycles. The van der Waals surface area contributed by atoms with Crippen LogP contribution in [0, 0.1) is 12.7 Å². The fourth-order valence-corrected chi connectivity index (χ4v) is 2.48. The number of amides is 1. The van der Waals surface area contributed by atoms with Gasteiger partial charge in [0.2, 0.25) is 0 Å². The van der Waals surface area contributed by atoms with E-state index >= 15 is 0 Å². The van der Waals surface area contributed by atoms with E-state index in [4.69, 9.17) is 4.52 Å². The van der Waals surface area contributed by atoms with Gasteiger partial charge in [-0.2, -0.15) is 0 Å². The zero-order valence-electron chi connectivity index (χ0n) is 14.1. The summed E-state index contributed by atoms with van der Waals surface area (Å²) in [7, 11) is 0. The van der Waals surface area contributed by atoms with Gasteiger partial charge in [-0.15, -0.1) is 0 Å². The first kappa shape index (κ1) is 16.9. The molecular weight excluding hydrogens is 319 g/mol. The quantitative estimate of drug-likeness (QED) is 0.754. The zero-order valence-corrected chi connectivity index (χ0v) is 14.1. The summed E-state index contributed by atoms with van der Waals surface area (Å²) < 4.78 is 18.2. The second kappa shape index (κ2) is 7.30. The molecule has 1 amide bonds. The first-order chi connectivity index (χ1) is 12.0. The fourth-order valence-electron chi connectivity index (χ4n) is 2.48. The first-order valence-electron chi connectivity index (χ1n) is 8.10. The number of nitrogens with one attached hydrogen (secondary N) is 1. The molecule has 0 bridgehead atoms. The third-order valence-corrected chi connectivity index (χ3v) is 4.09. The van der Waals surface area contributed by atoms with Gasteiger partial charge in [0.15, 0.2) is 11.5 Å². The van der Waals surface area contributed by atoms with Gasteiger partial charge in [0.1, 0.15) is 5.82 Å². The van der Waals surface area contributed by atoms with Gasteiger partial charge in [-0.05, 0) is 30.5 Å². The van der Waals surface area contributed by atoms with Crippen LogP contribution in [-0.4, -0.2) is 17.6 Å². The summed E-state index contributed by atoms with van der Waals surface area (Å²) >= 11 is 0. The van der Waals surface area contributed by atoms with Crippen LogP contribution in [-0.2, 0) is 0 Å². The molecule has 5 heteroatoms. The number of aromatic nitrogens is 1. The van der Waals surface area contributed by atoms with Crippen molar-refractivity contribution in [3.05, 3.63) is 77.2 Å². The fraction of sp³-hybridized carbons (Fsp3) is 0.200. The highest BCUT2D eigenvalue weighted by molar-refractivity contribution is 5.93. The molecule has 0 aliphatic carbocycles. The van der Waals surface area contributed by atoms with Crippen molar-refractivity contribution in [3.8, 4) is 11.3 Å². The van der Waals surface area contributed by atoms with Gasteiger partial charge in [-0.25, -0.2) is 4.39 Å². The molecule has 1 heterocycles. The standard InChI is InChI=1S/C20H19FN2O2/c1-13-3-5-16(6-4-13)19-11-18(23-25-19)20(24)22-12-14(2)15-7-9-17(21)10-8-15/h3-11,14H,12H2,1-2H3,(H,22,24). The van der Waals surface area contributed by atoms with Crippen LogP contribution < -0.4 is 5.32 Å². The van der Waals surface area contributed by atoms with Crippen LogP contribution in [0.1, 0.15) is 34.5 Å². The Morgan fingerprint density at radius 3 is 2.52 bits per heavy atom. The summed E-state index contributed by atoms with van der Waals surface area (Å²) in [6.07, 6.45) is 0. The van der Waals surface area contributed by atoms with Crippen molar-refractivity contribution < 1.29 is 13.7 Å². The number of benzene rings is 2. The van der Waals surface area contributed by atoms with Gasteiger partial charge in [-0.1, -0.05) is 54.0 Å². The van der Waals surface area contributed by atoms with Crippen molar-refractivity contribution >= 4 is 5.91 Å². The lowest BCUT2D eigenvalue weighted by Gasteiger charge is -2.12. The average Bonchev–Trinajstić information content (AvgIpc) is 3.11. The van der Waals surface area contributed by atoms with Crippen molar-refractivity contribution in [2.75, 3.05) is 6.54 Å². The molecule has 1 atom stereocenters. The largest absolute Gasteiger partial charge is 0.355 e. The molecular formula is C20H19FN2O2. The summed E-state index contributed by atoms with van der Waals surface area (Å²) in [5.74, 6) is 0.0482. The summed E-state index contributed by atoms with van der Waals surface area (Å²) in [5, 5.41) is 6.67. The predicted octanol–water partition coefficient (Wildman–Crippen LogP) is 4.32. The number of carbonyl (C=O) groups excluding carboxylic acids is 1. The Bertz CT molecular complexity index is 854. The van der Waals surface area contributed by atoms with Crippen LogP contribution in [0.4, 0.5) is 4.39 Å². The Morgan fingerprint density at radius 1 is 1.16 bits per heavy atom. The molecule has 0 aliphatic rings. The summed E-state index contributed by atoms with van der Waals surface area (Å²) in [6, 6.07) is 15.7. The first-order valence-corrected chi connectivity index (χ1v) is 8.10. The van der Waals surface area contributed by atoms with Crippen LogP contribution in [0.5, 0.6) is 0 Å². The Balaban J connectivity index is 1.62. The van der Waals surface area contributed by atoms with Crippen LogP contribution in [0.2, 0.25) is 0 Å². The van der Waals surface area contributed by atoms with Gasteiger partial charge in [0.25, 0.3) is 5.91 Å². The lowest BCUT2D eigenvalue weighted by molar-refractivity contribution is 0.0942. The molecule has 0 radical (unpaired) electrons. The Hall–Kier alpha value is -2.95. The number of hydrogen-bond acceptors (Lipinski definition) is 3. The number of carbonyl (C=O) groups is 1. The number of aryl methyl sites for hydroxylation is 1. The normalized spacial score (nSPS) is 12.0. The van der Waals surface area contributed by atoms with E-state index in [0.29, 0.717) is 12.3 Å². The van der Waals surface area contributed by atoms with Crippen LogP contribution >= 0.6 is 0 Å². The highest BCUT2D eigenvalue weighted by Gasteiger charge is 2.15. The molecule has 1 N–H and O–H groups in total. The van der Waals surface area contributed by atoms with Crippen molar-refractivity contribution in [2.45, 2.75) is 19.8 Å². The van der Waals surface area contributed by atoms with Gasteiger partial charge in [0.05, 0.1) is 0 Å². The minimum Gasteiger partial charge on any atom is -0.355 e. The SMILES string of the molecule is Cc1ccc(-c2cc(C(=O)NCC(C)c3ccc(F)cc3)no2)cc1. The van der Waals surface area contributed by atoms with E-state index < -0.39 is 0 Å². The average molecular weight is 338 g/mol. The second-order valence-corrected chi connectivity index (χ2v) is 6.11. The van der Waals surface area contributed by atoms with Crippen LogP contribution in [0.3, 0.4) is 0 Å². The molecule has 1 unspecified atom stereocenters. The predicted molar refractivity (Wildman–Crippen MR) is 93.8 cm³/mol. The smallest absolute Gasteiger partial charge is 0.273 e. The van der Waals surface area contributed by atoms with E-state index in [0.717, 1.165) is 16.7 Å². The molecule has 0 saturated carbocycles. The monoisotopic (exact) mass is 338 g/mol. The van der Waals surface area contributed by atoms with E-state index in [2.05, 4.69) is 10.5 Å². The summed E-state index contributed by atoms with van der Waals surface area (Å²) in [4.78, 5) is 12.2. The summed E-state index contributed by atoms with van der Waals surface area (Å²) in [5.41, 5.74) is 3.22. The van der Waals surface area contributed by atoms with Crippen molar-refractivity contribution in [3.63, 3.8) is 0 Å². The molecule has 3 aromatic rings. The maximum absolute atomic E-state index is 13.0. The van der Waals surface area contributed by atoms with Crippen LogP contribution in [0.25, 0.3) is 11.3 Å². The van der Waals surface area contributed by atoms with E-state index in [9.17, 15) is 9.18 Å². The van der Waals surface area contributed by atoms with Crippen LogP contribution in [0.15, 0.2) is 59.1 Å². The molecule has 25 heavy (non-hydrogen) atoms. The van der Waals surface area contributed by atoms with Gasteiger partial charge in [0, 0.05) is 18.2 Å². The topological polar surface area (TPSA) is 55.1 Å². The highest BCUT2D eigenvalue weighted by Crippen LogP contribution is 2.21. The molecule has 4 nitrogen and oxygen atoms in total. The molecule has 3 rings (SSSR count). The lowest BCUT2D eigenvalue weighted by Crippen LogP contribution is -2.27. The third kappa shape index (κ3) is 4.12. The van der Waals surface area contributed by atoms with Gasteiger partial charge in [-0.3, -0.25) is 4.79 Å². The van der Waals surface area contributed by atoms with Crippen molar-refractivity contribution in [1.82, 2.24) is 10.5 Å². The third-order valence-electron chi connectivity index (χ3n) is 4.09. The second-order valence-electron chi connectivity index (χ2n) is 6.11.